The zero-order valence-electron chi connectivity index (χ0n) is 67.5. The fourth-order valence-electron chi connectivity index (χ4n) is 18.5. The Labute approximate surface area is 669 Å². The summed E-state index contributed by atoms with van der Waals surface area (Å²) in [6.07, 6.45) is 3.97. The number of aryl methyl sites for hydroxylation is 13. The number of hydrogen-bond acceptors (Lipinski definition) is 7. The second kappa shape index (κ2) is 27.3. The molecule has 0 amide bonds. The van der Waals surface area contributed by atoms with Gasteiger partial charge in [0.1, 0.15) is 36.4 Å². The number of furan rings is 4. The Bertz CT molecular complexity index is 8020. The second-order valence-corrected chi connectivity index (χ2v) is 31.3. The lowest BCUT2D eigenvalue weighted by Crippen LogP contribution is -2.32. The number of imidazole rings is 2. The van der Waals surface area contributed by atoms with Gasteiger partial charge in [-0.2, -0.15) is 4.57 Å². The molecule has 11 aromatic heterocycles. The summed E-state index contributed by atoms with van der Waals surface area (Å²) in [6.45, 7) is 17.1. The van der Waals surface area contributed by atoms with Crippen LogP contribution in [0.4, 0.5) is 0 Å². The maximum absolute atomic E-state index is 6.53. The van der Waals surface area contributed by atoms with Crippen molar-refractivity contribution in [2.75, 3.05) is 0 Å². The Kier molecular flexibility index (Phi) is 16.7. The summed E-state index contributed by atoms with van der Waals surface area (Å²) in [7, 11) is 12.7. The van der Waals surface area contributed by atoms with Crippen molar-refractivity contribution in [2.45, 2.75) is 55.4 Å². The molecule has 0 fully saturated rings. The number of aromatic nitrogens is 9. The van der Waals surface area contributed by atoms with Crippen LogP contribution < -0.4 is 18.3 Å². The number of rotatable bonds is 4. The third-order valence-corrected chi connectivity index (χ3v) is 24.5. The van der Waals surface area contributed by atoms with Gasteiger partial charge in [0.2, 0.25) is 34.0 Å². The van der Waals surface area contributed by atoms with Crippen LogP contribution in [-0.4, -0.2) is 24.1 Å². The molecule has 23 rings (SSSR count). The number of pyridine rings is 5. The van der Waals surface area contributed by atoms with Crippen molar-refractivity contribution in [3.63, 3.8) is 0 Å². The monoisotopic (exact) mass is 1510 g/mol. The number of nitrogens with zero attached hydrogens (tertiary/aromatic N) is 9. The molecule has 0 radical (unpaired) electrons. The topological polar surface area (TPSA) is 117 Å². The molecule has 0 saturated heterocycles. The lowest BCUT2D eigenvalue weighted by atomic mass is 9.95. The Morgan fingerprint density at radius 3 is 1.36 bits per heavy atom. The first-order chi connectivity index (χ1) is 56.4. The quantitative estimate of drug-likeness (QED) is 0.161. The highest BCUT2D eigenvalue weighted by molar-refractivity contribution is 6.23. The van der Waals surface area contributed by atoms with E-state index in [1.165, 1.54) is 120 Å². The van der Waals surface area contributed by atoms with E-state index >= 15 is 0 Å². The highest BCUT2D eigenvalue weighted by Gasteiger charge is 2.32. The van der Waals surface area contributed by atoms with Gasteiger partial charge >= 0.3 is 0 Å². The molecule has 23 aromatic rings. The standard InChI is InChI=1S/C29H25N2O.C26H22N3O.C25H20N3O.C23H18NO/c1-16-9-8-12-24-20(16)13-14-25(31(24)5)26-18(3)17(2)15-23-27-22-11-7-6-10-21(22)19(4)30-29(27)32-28(23)26;1-15-13-14-19-23-18-10-6-5-9-17(18)16(2)27-25(23)30-24(19)22(15)26-28(3)20-11-7-8-12-21(20)29(26)4;1-15-12-13-18-22-17-9-5-4-8-16(17)14-26-24(22)29-23(18)21(15)25-27(2)19-10-6-7-11-20(19)28(25)3;1-15-10-11-18-19-13-16-7-3-4-8-17(16)14-21(19)25-23(18)22(15)20-9-5-6-12-24(20)2/h6-15H,1-5H3;5-14H,1-4H3;4-14H,1-3H3;3-14H,1-2H3/q4*+1. The SMILES string of the molecule is Cc1cc2c(oc3nc(C)c4ccccc4c32)c(-c2ccc3c(C)cccc3[n+]2C)c1C.Cc1ccc2c(oc3cc4ccccc4cc32)c1-c1cccc[n+]1C.Cc1ccc2c(oc3nc(C)c4ccccc4c32)c1-c1n(C)c2ccccc2[n+]1C.Cc1ccc2c(oc3ncc4ccccc4c32)c1-c1n(C)c2ccccc2[n+]1C. The Balaban J connectivity index is 0.000000100. The predicted octanol–water partition coefficient (Wildman–Crippen LogP) is 23.7. The van der Waals surface area contributed by atoms with Gasteiger partial charge in [-0.15, -0.1) is 0 Å². The molecule has 0 saturated carbocycles. The summed E-state index contributed by atoms with van der Waals surface area (Å²) in [6, 6.07) is 87.6. The molecule has 0 aliphatic heterocycles. The van der Waals surface area contributed by atoms with Crippen molar-refractivity contribution in [3.05, 3.63) is 306 Å². The normalized spacial score (nSPS) is 11.9. The van der Waals surface area contributed by atoms with E-state index in [0.717, 1.165) is 117 Å². The summed E-state index contributed by atoms with van der Waals surface area (Å²) in [5.74, 6) is 2.25. The molecule has 13 nitrogen and oxygen atoms in total. The van der Waals surface area contributed by atoms with Crippen LogP contribution in [0.1, 0.15) is 44.8 Å². The van der Waals surface area contributed by atoms with Gasteiger partial charge in [0.05, 0.1) is 55.5 Å². The minimum absolute atomic E-state index is 0.687. The zero-order valence-corrected chi connectivity index (χ0v) is 67.5. The molecule has 0 spiro atoms. The zero-order chi connectivity index (χ0) is 79.4. The molecular formula is C103H85N9O4+4. The van der Waals surface area contributed by atoms with Gasteiger partial charge in [-0.05, 0) is 170 Å². The fourth-order valence-corrected chi connectivity index (χ4v) is 18.5. The number of para-hydroxylation sites is 4. The van der Waals surface area contributed by atoms with Crippen molar-refractivity contribution in [1.29, 1.82) is 0 Å². The highest BCUT2D eigenvalue weighted by Crippen LogP contribution is 2.46. The molecule has 13 heteroatoms. The molecule has 12 aromatic carbocycles. The largest absolute Gasteiger partial charge is 0.455 e. The minimum Gasteiger partial charge on any atom is -0.455 e. The summed E-state index contributed by atoms with van der Waals surface area (Å²) < 4.78 is 39.2. The molecule has 0 aliphatic carbocycles. The van der Waals surface area contributed by atoms with Crippen LogP contribution in [0.3, 0.4) is 0 Å². The van der Waals surface area contributed by atoms with Crippen LogP contribution in [-0.2, 0) is 42.3 Å². The predicted molar refractivity (Wildman–Crippen MR) is 473 cm³/mol. The van der Waals surface area contributed by atoms with Crippen LogP contribution in [0.5, 0.6) is 0 Å². The molecule has 0 aliphatic rings. The number of fused-ring (bicyclic) bond motifs is 22. The molecule has 0 atom stereocenters. The fraction of sp³-hybridized carbons (Fsp3) is 0.136. The van der Waals surface area contributed by atoms with E-state index in [1.807, 2.05) is 25.3 Å². The van der Waals surface area contributed by atoms with Gasteiger partial charge in [0, 0.05) is 90.3 Å². The molecule has 0 unspecified atom stereocenters. The van der Waals surface area contributed by atoms with Gasteiger partial charge in [0.15, 0.2) is 45.0 Å². The maximum Gasteiger partial charge on any atom is 0.293 e. The van der Waals surface area contributed by atoms with E-state index < -0.39 is 0 Å². The minimum atomic E-state index is 0.687. The Hall–Kier alpha value is -14.2. The van der Waals surface area contributed by atoms with Crippen LogP contribution in [0.15, 0.2) is 279 Å². The molecule has 0 bridgehead atoms. The van der Waals surface area contributed by atoms with Crippen molar-refractivity contribution in [2.24, 2.45) is 42.3 Å². The van der Waals surface area contributed by atoms with E-state index in [1.54, 1.807) is 0 Å². The van der Waals surface area contributed by atoms with Crippen molar-refractivity contribution in [3.8, 4) is 45.3 Å². The second-order valence-electron chi connectivity index (χ2n) is 31.3. The lowest BCUT2D eigenvalue weighted by molar-refractivity contribution is -0.660. The smallest absolute Gasteiger partial charge is 0.293 e. The van der Waals surface area contributed by atoms with E-state index in [9.17, 15) is 0 Å². The summed E-state index contributed by atoms with van der Waals surface area (Å²) in [5.41, 5.74) is 28.9. The highest BCUT2D eigenvalue weighted by atomic mass is 16.4. The van der Waals surface area contributed by atoms with E-state index in [-0.39, 0.29) is 0 Å². The number of benzene rings is 12. The van der Waals surface area contributed by atoms with Gasteiger partial charge in [-0.3, -0.25) is 0 Å². The summed E-state index contributed by atoms with van der Waals surface area (Å²) in [5, 5.41) is 19.7. The summed E-state index contributed by atoms with van der Waals surface area (Å²) in [4.78, 5) is 14.3. The van der Waals surface area contributed by atoms with Gasteiger partial charge < -0.3 is 17.7 Å². The lowest BCUT2D eigenvalue weighted by Gasteiger charge is -2.10. The molecule has 11 heterocycles. The van der Waals surface area contributed by atoms with E-state index in [2.05, 4.69) is 366 Å². The van der Waals surface area contributed by atoms with Crippen molar-refractivity contribution < 1.29 is 35.9 Å². The Morgan fingerprint density at radius 1 is 0.302 bits per heavy atom. The van der Waals surface area contributed by atoms with Crippen molar-refractivity contribution >= 4 is 164 Å². The van der Waals surface area contributed by atoms with Crippen molar-refractivity contribution in [1.82, 2.24) is 24.1 Å². The molecular weight excluding hydrogens is 1430 g/mol. The Morgan fingerprint density at radius 2 is 0.767 bits per heavy atom. The maximum atomic E-state index is 6.53. The summed E-state index contributed by atoms with van der Waals surface area (Å²) >= 11 is 0. The molecule has 562 valence electrons. The van der Waals surface area contributed by atoms with Crippen LogP contribution >= 0.6 is 0 Å². The first kappa shape index (κ1) is 70.9. The van der Waals surface area contributed by atoms with Gasteiger partial charge in [-0.1, -0.05) is 170 Å². The van der Waals surface area contributed by atoms with Gasteiger partial charge in [-0.25, -0.2) is 37.8 Å². The van der Waals surface area contributed by atoms with Crippen LogP contribution in [0, 0.1) is 55.4 Å². The first-order valence-corrected chi connectivity index (χ1v) is 39.6. The number of hydrogen-bond donors (Lipinski definition) is 0. The molecule has 0 N–H and O–H groups in total. The van der Waals surface area contributed by atoms with Crippen LogP contribution in [0.25, 0.3) is 209 Å². The van der Waals surface area contributed by atoms with E-state index in [4.69, 9.17) is 27.6 Å². The molecule has 116 heavy (non-hydrogen) atoms. The van der Waals surface area contributed by atoms with E-state index in [0.29, 0.717) is 17.1 Å². The first-order valence-electron chi connectivity index (χ1n) is 39.6. The third kappa shape index (κ3) is 11.0. The average Bonchev–Trinajstić information content (AvgIpc) is 1.57. The van der Waals surface area contributed by atoms with Crippen LogP contribution in [0.2, 0.25) is 0 Å². The average molecular weight is 1510 g/mol. The van der Waals surface area contributed by atoms with Gasteiger partial charge in [0.25, 0.3) is 11.6 Å². The third-order valence-electron chi connectivity index (χ3n) is 24.5.